The molecule has 0 atom stereocenters. The second kappa shape index (κ2) is 5.57. The molecule has 19 heavy (non-hydrogen) atoms. The van der Waals surface area contributed by atoms with Crippen molar-refractivity contribution in [3.05, 3.63) is 36.0 Å². The van der Waals surface area contributed by atoms with Gasteiger partial charge in [-0.15, -0.1) is 0 Å². The monoisotopic (exact) mass is 256 g/mol. The lowest BCUT2D eigenvalue weighted by Gasteiger charge is -2.12. The summed E-state index contributed by atoms with van der Waals surface area (Å²) in [7, 11) is 1.69. The van der Waals surface area contributed by atoms with Gasteiger partial charge in [0.25, 0.3) is 0 Å². The summed E-state index contributed by atoms with van der Waals surface area (Å²) in [5, 5.41) is 4.73. The Labute approximate surface area is 114 Å². The summed E-state index contributed by atoms with van der Waals surface area (Å²) in [6, 6.07) is 10.9. The van der Waals surface area contributed by atoms with Crippen LogP contribution in [0.15, 0.2) is 30.3 Å². The van der Waals surface area contributed by atoms with Gasteiger partial charge in [-0.25, -0.2) is 4.98 Å². The van der Waals surface area contributed by atoms with Crippen molar-refractivity contribution in [2.75, 3.05) is 7.11 Å². The first kappa shape index (κ1) is 12.4. The minimum Gasteiger partial charge on any atom is -0.494 e. The number of methoxy groups -OCH3 is 1. The summed E-state index contributed by atoms with van der Waals surface area (Å²) in [6.45, 7) is 0.846. The zero-order valence-electron chi connectivity index (χ0n) is 11.4. The van der Waals surface area contributed by atoms with Gasteiger partial charge in [-0.1, -0.05) is 31.0 Å². The van der Waals surface area contributed by atoms with Crippen molar-refractivity contribution in [1.82, 2.24) is 10.3 Å². The molecule has 1 aromatic carbocycles. The largest absolute Gasteiger partial charge is 0.494 e. The van der Waals surface area contributed by atoms with E-state index in [1.165, 1.54) is 25.7 Å². The van der Waals surface area contributed by atoms with Gasteiger partial charge in [-0.05, 0) is 25.0 Å². The van der Waals surface area contributed by atoms with Crippen molar-refractivity contribution in [2.24, 2.45) is 0 Å². The first-order valence-corrected chi connectivity index (χ1v) is 7.03. The number of hydrogen-bond donors (Lipinski definition) is 1. The highest BCUT2D eigenvalue weighted by Crippen LogP contribution is 2.24. The van der Waals surface area contributed by atoms with Crippen molar-refractivity contribution in [2.45, 2.75) is 38.3 Å². The predicted octanol–water partition coefficient (Wildman–Crippen LogP) is 3.28. The number of hydrogen-bond acceptors (Lipinski definition) is 3. The molecule has 1 saturated carbocycles. The molecule has 0 amide bonds. The second-order valence-electron chi connectivity index (χ2n) is 5.20. The van der Waals surface area contributed by atoms with E-state index in [-0.39, 0.29) is 0 Å². The highest BCUT2D eigenvalue weighted by molar-refractivity contribution is 5.84. The van der Waals surface area contributed by atoms with Crippen LogP contribution in [0.2, 0.25) is 0 Å². The number of aromatic nitrogens is 1. The van der Waals surface area contributed by atoms with Gasteiger partial charge in [0.2, 0.25) is 0 Å². The molecule has 1 heterocycles. The zero-order chi connectivity index (χ0) is 13.1. The van der Waals surface area contributed by atoms with E-state index in [9.17, 15) is 0 Å². The molecule has 0 bridgehead atoms. The fourth-order valence-electron chi connectivity index (χ4n) is 2.80. The highest BCUT2D eigenvalue weighted by atomic mass is 16.5. The van der Waals surface area contributed by atoms with Crippen LogP contribution < -0.4 is 10.1 Å². The van der Waals surface area contributed by atoms with Gasteiger partial charge >= 0.3 is 0 Å². The molecule has 100 valence electrons. The van der Waals surface area contributed by atoms with E-state index in [2.05, 4.69) is 23.5 Å². The van der Waals surface area contributed by atoms with E-state index in [1.54, 1.807) is 7.11 Å². The molecular formula is C16H20N2O. The van der Waals surface area contributed by atoms with Crippen molar-refractivity contribution in [1.29, 1.82) is 0 Å². The first-order chi connectivity index (χ1) is 9.36. The minimum absolute atomic E-state index is 0.676. The van der Waals surface area contributed by atoms with Gasteiger partial charge < -0.3 is 10.1 Å². The van der Waals surface area contributed by atoms with Crippen LogP contribution in [-0.2, 0) is 6.54 Å². The van der Waals surface area contributed by atoms with Crippen LogP contribution >= 0.6 is 0 Å². The molecule has 1 aliphatic carbocycles. The molecule has 1 aromatic heterocycles. The summed E-state index contributed by atoms with van der Waals surface area (Å²) in [6.07, 6.45) is 5.32. The van der Waals surface area contributed by atoms with Crippen LogP contribution in [0, 0.1) is 0 Å². The standard InChI is InChI=1S/C16H20N2O/c1-19-15-8-4-5-12-9-10-14(18-16(12)15)11-17-13-6-2-3-7-13/h4-5,8-10,13,17H,2-3,6-7,11H2,1H3. The maximum absolute atomic E-state index is 5.38. The third kappa shape index (κ3) is 2.71. The van der Waals surface area contributed by atoms with Gasteiger partial charge in [0.05, 0.1) is 12.8 Å². The van der Waals surface area contributed by atoms with E-state index in [4.69, 9.17) is 9.72 Å². The maximum atomic E-state index is 5.38. The van der Waals surface area contributed by atoms with Gasteiger partial charge in [0.1, 0.15) is 11.3 Å². The number of para-hydroxylation sites is 1. The predicted molar refractivity (Wildman–Crippen MR) is 77.4 cm³/mol. The fourth-order valence-corrected chi connectivity index (χ4v) is 2.80. The van der Waals surface area contributed by atoms with Crippen LogP contribution in [0.5, 0.6) is 5.75 Å². The smallest absolute Gasteiger partial charge is 0.145 e. The summed E-state index contributed by atoms with van der Waals surface area (Å²) in [5.74, 6) is 0.847. The lowest BCUT2D eigenvalue weighted by Crippen LogP contribution is -2.25. The third-order valence-corrected chi connectivity index (χ3v) is 3.89. The van der Waals surface area contributed by atoms with Crippen LogP contribution in [0.1, 0.15) is 31.4 Å². The third-order valence-electron chi connectivity index (χ3n) is 3.89. The van der Waals surface area contributed by atoms with Crippen LogP contribution in [0.3, 0.4) is 0 Å². The Bertz CT molecular complexity index is 562. The molecule has 0 spiro atoms. The quantitative estimate of drug-likeness (QED) is 0.911. The van der Waals surface area contributed by atoms with Crippen molar-refractivity contribution in [3.8, 4) is 5.75 Å². The molecule has 3 nitrogen and oxygen atoms in total. The van der Waals surface area contributed by atoms with Crippen LogP contribution in [0.25, 0.3) is 10.9 Å². The summed E-state index contributed by atoms with van der Waals surface area (Å²) < 4.78 is 5.38. The highest BCUT2D eigenvalue weighted by Gasteiger charge is 2.14. The first-order valence-electron chi connectivity index (χ1n) is 7.03. The number of nitrogens with one attached hydrogen (secondary N) is 1. The average molecular weight is 256 g/mol. The number of rotatable bonds is 4. The van der Waals surface area contributed by atoms with Crippen molar-refractivity contribution < 1.29 is 4.74 Å². The molecule has 1 aliphatic rings. The van der Waals surface area contributed by atoms with Crippen molar-refractivity contribution in [3.63, 3.8) is 0 Å². The van der Waals surface area contributed by atoms with E-state index < -0.39 is 0 Å². The average Bonchev–Trinajstić information content (AvgIpc) is 2.97. The van der Waals surface area contributed by atoms with Gasteiger partial charge in [0, 0.05) is 18.0 Å². The Kier molecular flexibility index (Phi) is 3.65. The molecule has 0 unspecified atom stereocenters. The lowest BCUT2D eigenvalue weighted by atomic mass is 10.2. The summed E-state index contributed by atoms with van der Waals surface area (Å²) >= 11 is 0. The second-order valence-corrected chi connectivity index (χ2v) is 5.20. The number of pyridine rings is 1. The molecule has 0 aliphatic heterocycles. The van der Waals surface area contributed by atoms with E-state index in [0.717, 1.165) is 28.9 Å². The van der Waals surface area contributed by atoms with Crippen LogP contribution in [-0.4, -0.2) is 18.1 Å². The summed E-state index contributed by atoms with van der Waals surface area (Å²) in [5.41, 5.74) is 2.04. The maximum Gasteiger partial charge on any atom is 0.145 e. The lowest BCUT2D eigenvalue weighted by molar-refractivity contribution is 0.418. The Hall–Kier alpha value is -1.61. The zero-order valence-corrected chi connectivity index (χ0v) is 11.4. The molecule has 2 aromatic rings. The number of ether oxygens (including phenoxy) is 1. The Morgan fingerprint density at radius 2 is 2.05 bits per heavy atom. The van der Waals surface area contributed by atoms with Gasteiger partial charge in [-0.3, -0.25) is 0 Å². The number of fused-ring (bicyclic) bond motifs is 1. The molecule has 3 rings (SSSR count). The van der Waals surface area contributed by atoms with Gasteiger partial charge in [-0.2, -0.15) is 0 Å². The fraction of sp³-hybridized carbons (Fsp3) is 0.438. The number of benzene rings is 1. The van der Waals surface area contributed by atoms with Crippen molar-refractivity contribution >= 4 is 10.9 Å². The number of nitrogens with zero attached hydrogens (tertiary/aromatic N) is 1. The molecular weight excluding hydrogens is 236 g/mol. The Morgan fingerprint density at radius 1 is 1.21 bits per heavy atom. The molecule has 1 N–H and O–H groups in total. The molecule has 0 saturated heterocycles. The normalized spacial score (nSPS) is 16.1. The van der Waals surface area contributed by atoms with E-state index >= 15 is 0 Å². The molecule has 0 radical (unpaired) electrons. The van der Waals surface area contributed by atoms with E-state index in [1.807, 2.05) is 12.1 Å². The van der Waals surface area contributed by atoms with E-state index in [0.29, 0.717) is 6.04 Å². The molecule has 3 heteroatoms. The summed E-state index contributed by atoms with van der Waals surface area (Å²) in [4.78, 5) is 4.72. The van der Waals surface area contributed by atoms with Gasteiger partial charge in [0.15, 0.2) is 0 Å². The topological polar surface area (TPSA) is 34.1 Å². The Morgan fingerprint density at radius 3 is 2.84 bits per heavy atom. The minimum atomic E-state index is 0.676. The van der Waals surface area contributed by atoms with Crippen LogP contribution in [0.4, 0.5) is 0 Å². The Balaban J connectivity index is 1.80. The SMILES string of the molecule is COc1cccc2ccc(CNC3CCCC3)nc12. The molecule has 1 fully saturated rings.